The quantitative estimate of drug-likeness (QED) is 0.147. The summed E-state index contributed by atoms with van der Waals surface area (Å²) in [5.74, 6) is -1.06. The molecular weight excluding hydrogens is 453 g/mol. The number of ether oxygens (including phenoxy) is 2. The van der Waals surface area contributed by atoms with Crippen molar-refractivity contribution in [1.29, 1.82) is 0 Å². The van der Waals surface area contributed by atoms with E-state index < -0.39 is 42.1 Å². The molecule has 0 radical (unpaired) electrons. The van der Waals surface area contributed by atoms with Crippen LogP contribution in [0.25, 0.3) is 0 Å². The maximum Gasteiger partial charge on any atom is 0.317 e. The molecule has 0 N–H and O–H groups in total. The van der Waals surface area contributed by atoms with Gasteiger partial charge in [0.1, 0.15) is 13.0 Å². The van der Waals surface area contributed by atoms with Crippen molar-refractivity contribution in [3.05, 3.63) is 0 Å². The maximum atomic E-state index is 11.7. The second-order valence-corrected chi connectivity index (χ2v) is 44.7. The van der Waals surface area contributed by atoms with Crippen molar-refractivity contribution in [2.45, 2.75) is 77.9 Å². The lowest BCUT2D eigenvalue weighted by molar-refractivity contribution is -0.154. The number of hydrogen-bond acceptors (Lipinski definition) is 7. The van der Waals surface area contributed by atoms with Crippen LogP contribution < -0.4 is 0 Å². The third kappa shape index (κ3) is 7.10. The molecule has 0 unspecified atom stereocenters. The largest absolute Gasteiger partial charge is 0.466 e. The van der Waals surface area contributed by atoms with Gasteiger partial charge in [-0.2, -0.15) is 0 Å². The summed E-state index contributed by atoms with van der Waals surface area (Å²) in [6.07, 6.45) is 2.45. The van der Waals surface area contributed by atoms with Crippen LogP contribution in [0, 0.1) is 0 Å². The number of unbranched alkanes of at least 4 members (excludes halogenated alkanes) is 2. The van der Waals surface area contributed by atoms with Gasteiger partial charge in [-0.25, -0.2) is 0 Å². The third-order valence-electron chi connectivity index (χ3n) is 6.67. The third-order valence-corrected chi connectivity index (χ3v) is 72.1. The number of rotatable bonds is 15. The predicted octanol–water partition coefficient (Wildman–Crippen LogP) is 3.89. The molecule has 0 heterocycles. The topological polar surface area (TPSA) is 80.3 Å². The molecule has 11 heteroatoms. The first kappa shape index (κ1) is 29.7. The highest BCUT2D eigenvalue weighted by molar-refractivity contribution is 7.87. The van der Waals surface area contributed by atoms with Gasteiger partial charge in [0.2, 0.25) is 0 Å². The summed E-state index contributed by atoms with van der Waals surface area (Å²) < 4.78 is 28.7. The van der Waals surface area contributed by atoms with E-state index in [0.717, 1.165) is 25.3 Å². The Morgan fingerprint density at radius 2 is 1.10 bits per heavy atom. The minimum atomic E-state index is -2.01. The minimum Gasteiger partial charge on any atom is -0.466 e. The first-order valence-corrected chi connectivity index (χ1v) is 24.7. The Labute approximate surface area is 186 Å². The van der Waals surface area contributed by atoms with Crippen LogP contribution in [0.3, 0.4) is 0 Å². The zero-order chi connectivity index (χ0) is 23.6. The molecule has 0 fully saturated rings. The van der Waals surface area contributed by atoms with Gasteiger partial charge < -0.3 is 22.8 Å². The Bertz CT molecular complexity index is 512. The summed E-state index contributed by atoms with van der Waals surface area (Å²) in [5, 5.41) is 0. The Morgan fingerprint density at radius 3 is 1.50 bits per heavy atom. The lowest BCUT2D eigenvalue weighted by atomic mass is 10.3. The smallest absolute Gasteiger partial charge is 0.317 e. The van der Waals surface area contributed by atoms with Crippen LogP contribution in [-0.4, -0.2) is 76.6 Å². The van der Waals surface area contributed by atoms with Crippen molar-refractivity contribution >= 4 is 42.1 Å². The fourth-order valence-corrected chi connectivity index (χ4v) is 80.7. The highest BCUT2D eigenvalue weighted by atomic mass is 29.9. The van der Waals surface area contributed by atoms with Crippen LogP contribution in [0.1, 0.15) is 32.6 Å². The summed E-state index contributed by atoms with van der Waals surface area (Å²) in [4.78, 5) is 23.0. The second-order valence-electron chi connectivity index (χ2n) is 9.06. The van der Waals surface area contributed by atoms with E-state index in [2.05, 4.69) is 39.3 Å². The molecule has 0 aliphatic carbocycles. The van der Waals surface area contributed by atoms with Gasteiger partial charge in [-0.1, -0.05) is 18.9 Å². The lowest BCUT2D eigenvalue weighted by Gasteiger charge is -2.56. The molecule has 30 heavy (non-hydrogen) atoms. The van der Waals surface area contributed by atoms with Gasteiger partial charge in [0.05, 0.1) is 13.2 Å². The van der Waals surface area contributed by atoms with Gasteiger partial charge in [-0.15, -0.1) is 0 Å². The first-order valence-electron chi connectivity index (χ1n) is 10.7. The number of hydrogen-bond donors (Lipinski definition) is 0. The number of carbonyl (C=O) groups is 2. The zero-order valence-corrected chi connectivity index (χ0v) is 24.8. The molecule has 7 nitrogen and oxygen atoms in total. The maximum absolute atomic E-state index is 11.7. The van der Waals surface area contributed by atoms with Crippen LogP contribution in [0.2, 0.25) is 45.3 Å². The van der Waals surface area contributed by atoms with E-state index in [1.165, 1.54) is 0 Å². The van der Waals surface area contributed by atoms with Crippen LogP contribution in [-0.2, 0) is 32.3 Å². The van der Waals surface area contributed by atoms with E-state index in [1.807, 2.05) is 21.3 Å². The van der Waals surface area contributed by atoms with E-state index in [0.29, 0.717) is 6.61 Å². The van der Waals surface area contributed by atoms with Crippen LogP contribution >= 0.6 is 0 Å². The Balaban J connectivity index is 5.10. The Hall–Kier alpha value is -0.312. The molecule has 0 bridgehead atoms. The summed E-state index contributed by atoms with van der Waals surface area (Å²) in [5.41, 5.74) is 0. The van der Waals surface area contributed by atoms with Gasteiger partial charge in [-0.3, -0.25) is 9.59 Å². The van der Waals surface area contributed by atoms with E-state index in [1.54, 1.807) is 6.92 Å². The molecule has 0 atom stereocenters. The Morgan fingerprint density at radius 1 is 0.667 bits per heavy atom. The van der Waals surface area contributed by atoms with Crippen molar-refractivity contribution in [3.8, 4) is 0 Å². The van der Waals surface area contributed by atoms with Crippen molar-refractivity contribution < 1.29 is 32.3 Å². The van der Waals surface area contributed by atoms with Gasteiger partial charge in [-0.05, 0) is 52.6 Å². The summed E-state index contributed by atoms with van der Waals surface area (Å²) in [7, 11) is -0.446. The summed E-state index contributed by atoms with van der Waals surface area (Å²) in [6, 6.07) is 1.12. The second kappa shape index (κ2) is 12.7. The van der Waals surface area contributed by atoms with Crippen molar-refractivity contribution in [2.75, 3.05) is 34.5 Å². The monoisotopic (exact) mass is 496 g/mol. The van der Waals surface area contributed by atoms with Gasteiger partial charge in [0.15, 0.2) is 23.5 Å². The number of esters is 2. The van der Waals surface area contributed by atoms with E-state index >= 15 is 0 Å². The van der Waals surface area contributed by atoms with Gasteiger partial charge in [0.25, 0.3) is 0 Å². The molecule has 0 spiro atoms. The molecule has 0 aliphatic rings. The van der Waals surface area contributed by atoms with Crippen LogP contribution in [0.5, 0.6) is 0 Å². The van der Waals surface area contributed by atoms with E-state index in [4.69, 9.17) is 22.8 Å². The molecule has 0 saturated heterocycles. The average molecular weight is 497 g/mol. The van der Waals surface area contributed by atoms with Gasteiger partial charge in [0, 0.05) is 21.3 Å². The normalized spacial score (nSPS) is 13.3. The minimum absolute atomic E-state index is 0.265. The highest BCUT2D eigenvalue weighted by Crippen LogP contribution is 2.42. The molecule has 0 aliphatic heterocycles. The molecule has 0 saturated carbocycles. The summed E-state index contributed by atoms with van der Waals surface area (Å²) in [6.45, 7) is 14.4. The first-order chi connectivity index (χ1) is 13.8. The molecular formula is C19H44O7Si4. The molecule has 178 valence electrons. The standard InChI is InChI=1S/C19H44O7Si4/c1-11-25-18(20)17-19(21)26-15-13-12-14-16-30(27(5,6)22-2,28(7,8)23-3)29(9,10)24-4/h11-17H2,1-10H3. The SMILES string of the molecule is CCOC(=O)CC(=O)OCCCCC[Si]([Si](C)(C)OC)([Si](C)(C)OC)[Si](C)(C)OC. The predicted molar refractivity (Wildman–Crippen MR) is 130 cm³/mol. The number of carbonyl (C=O) groups excluding carboxylic acids is 2. The van der Waals surface area contributed by atoms with Crippen LogP contribution in [0.4, 0.5) is 0 Å². The molecule has 0 rings (SSSR count). The van der Waals surface area contributed by atoms with Crippen molar-refractivity contribution in [1.82, 2.24) is 0 Å². The average Bonchev–Trinajstić information content (AvgIpc) is 2.66. The van der Waals surface area contributed by atoms with Crippen molar-refractivity contribution in [3.63, 3.8) is 0 Å². The Kier molecular flexibility index (Phi) is 12.5. The molecule has 0 aromatic heterocycles. The molecule has 0 aromatic carbocycles. The fourth-order valence-electron chi connectivity index (χ4n) is 4.84. The van der Waals surface area contributed by atoms with Crippen molar-refractivity contribution in [2.24, 2.45) is 0 Å². The van der Waals surface area contributed by atoms with Gasteiger partial charge >= 0.3 is 11.9 Å². The lowest BCUT2D eigenvalue weighted by Crippen LogP contribution is -2.86. The summed E-state index contributed by atoms with van der Waals surface area (Å²) >= 11 is 0. The van der Waals surface area contributed by atoms with E-state index in [-0.39, 0.29) is 13.0 Å². The fraction of sp³-hybridized carbons (Fsp3) is 0.895. The molecule has 0 amide bonds. The zero-order valence-electron chi connectivity index (χ0n) is 20.8. The highest BCUT2D eigenvalue weighted by Gasteiger charge is 2.69. The molecule has 0 aromatic rings. The van der Waals surface area contributed by atoms with E-state index in [9.17, 15) is 9.59 Å². The van der Waals surface area contributed by atoms with Crippen LogP contribution in [0.15, 0.2) is 0 Å².